The SMILES string of the molecule is CNS(=O)(=O)c1cccc(Nc2cc(Nc3cccc(NS(C)(=O)=O)c3)ncn2)c1. The zero-order valence-corrected chi connectivity index (χ0v) is 17.8. The van der Waals surface area contributed by atoms with Crippen LogP contribution in [-0.4, -0.2) is 40.1 Å². The summed E-state index contributed by atoms with van der Waals surface area (Å²) in [6.45, 7) is 0. The van der Waals surface area contributed by atoms with E-state index in [2.05, 4.69) is 30.0 Å². The Balaban J connectivity index is 1.78. The van der Waals surface area contributed by atoms with Gasteiger partial charge in [0.25, 0.3) is 0 Å². The first kappa shape index (κ1) is 21.5. The molecule has 1 heterocycles. The summed E-state index contributed by atoms with van der Waals surface area (Å²) in [5, 5.41) is 6.10. The van der Waals surface area contributed by atoms with Crippen LogP contribution in [-0.2, 0) is 20.0 Å². The van der Waals surface area contributed by atoms with Crippen molar-refractivity contribution in [2.24, 2.45) is 0 Å². The van der Waals surface area contributed by atoms with Crippen LogP contribution in [0.25, 0.3) is 0 Å². The van der Waals surface area contributed by atoms with Crippen molar-refractivity contribution in [1.29, 1.82) is 0 Å². The number of benzene rings is 2. The summed E-state index contributed by atoms with van der Waals surface area (Å²) in [6, 6.07) is 14.7. The number of aromatic nitrogens is 2. The van der Waals surface area contributed by atoms with Gasteiger partial charge in [0, 0.05) is 17.4 Å². The highest BCUT2D eigenvalue weighted by Gasteiger charge is 2.11. The van der Waals surface area contributed by atoms with Gasteiger partial charge < -0.3 is 10.6 Å². The van der Waals surface area contributed by atoms with Crippen molar-refractivity contribution in [3.63, 3.8) is 0 Å². The predicted octanol–water partition coefficient (Wildman–Crippen LogP) is 2.24. The fourth-order valence-corrected chi connectivity index (χ4v) is 3.85. The highest BCUT2D eigenvalue weighted by Crippen LogP contribution is 2.23. The lowest BCUT2D eigenvalue weighted by molar-refractivity contribution is 0.588. The lowest BCUT2D eigenvalue weighted by atomic mass is 10.3. The van der Waals surface area contributed by atoms with Crippen molar-refractivity contribution in [3.8, 4) is 0 Å². The summed E-state index contributed by atoms with van der Waals surface area (Å²) < 4.78 is 51.4. The molecule has 3 aromatic rings. The summed E-state index contributed by atoms with van der Waals surface area (Å²) in [7, 11) is -5.60. The van der Waals surface area contributed by atoms with Crippen molar-refractivity contribution < 1.29 is 16.8 Å². The molecule has 0 fully saturated rings. The number of anilines is 5. The van der Waals surface area contributed by atoms with Crippen molar-refractivity contribution in [2.75, 3.05) is 28.7 Å². The first-order chi connectivity index (χ1) is 14.1. The van der Waals surface area contributed by atoms with E-state index in [1.54, 1.807) is 42.5 Å². The van der Waals surface area contributed by atoms with E-state index in [1.165, 1.54) is 25.5 Å². The number of rotatable bonds is 8. The molecule has 158 valence electrons. The molecular formula is C18H20N6O4S2. The van der Waals surface area contributed by atoms with E-state index >= 15 is 0 Å². The average Bonchev–Trinajstić information content (AvgIpc) is 2.67. The second-order valence-corrected chi connectivity index (χ2v) is 9.86. The number of nitrogens with one attached hydrogen (secondary N) is 4. The van der Waals surface area contributed by atoms with Crippen molar-refractivity contribution >= 4 is 48.7 Å². The Bertz CT molecular complexity index is 1260. The molecule has 0 aliphatic heterocycles. The Hall–Kier alpha value is -3.22. The van der Waals surface area contributed by atoms with Crippen molar-refractivity contribution in [3.05, 3.63) is 60.9 Å². The zero-order chi connectivity index (χ0) is 21.8. The molecule has 10 nitrogen and oxygen atoms in total. The molecule has 0 amide bonds. The van der Waals surface area contributed by atoms with Crippen LogP contribution in [0.2, 0.25) is 0 Å². The van der Waals surface area contributed by atoms with Gasteiger partial charge in [-0.3, -0.25) is 4.72 Å². The smallest absolute Gasteiger partial charge is 0.240 e. The molecule has 0 saturated carbocycles. The van der Waals surface area contributed by atoms with E-state index in [4.69, 9.17) is 0 Å². The van der Waals surface area contributed by atoms with E-state index in [0.29, 0.717) is 28.7 Å². The Morgan fingerprint density at radius 1 is 0.767 bits per heavy atom. The molecule has 0 aliphatic rings. The lowest BCUT2D eigenvalue weighted by Crippen LogP contribution is -2.18. The summed E-state index contributed by atoms with van der Waals surface area (Å²) in [6.07, 6.45) is 2.42. The maximum absolute atomic E-state index is 12.0. The first-order valence-corrected chi connectivity index (χ1v) is 12.0. The summed E-state index contributed by atoms with van der Waals surface area (Å²) in [5.74, 6) is 0.903. The van der Waals surface area contributed by atoms with Crippen LogP contribution in [0.5, 0.6) is 0 Å². The van der Waals surface area contributed by atoms with Crippen LogP contribution in [0.15, 0.2) is 65.8 Å². The number of nitrogens with zero attached hydrogens (tertiary/aromatic N) is 2. The second kappa shape index (κ2) is 8.65. The molecule has 2 aromatic carbocycles. The molecule has 30 heavy (non-hydrogen) atoms. The van der Waals surface area contributed by atoms with E-state index < -0.39 is 20.0 Å². The minimum Gasteiger partial charge on any atom is -0.340 e. The van der Waals surface area contributed by atoms with E-state index in [9.17, 15) is 16.8 Å². The lowest BCUT2D eigenvalue weighted by Gasteiger charge is -2.11. The highest BCUT2D eigenvalue weighted by atomic mass is 32.2. The van der Waals surface area contributed by atoms with Gasteiger partial charge in [-0.15, -0.1) is 0 Å². The predicted molar refractivity (Wildman–Crippen MR) is 116 cm³/mol. The molecule has 12 heteroatoms. The van der Waals surface area contributed by atoms with Gasteiger partial charge in [-0.1, -0.05) is 12.1 Å². The van der Waals surface area contributed by atoms with Crippen LogP contribution in [0.1, 0.15) is 0 Å². The molecule has 4 N–H and O–H groups in total. The molecule has 0 saturated heterocycles. The fraction of sp³-hybridized carbons (Fsp3) is 0.111. The Kier molecular flexibility index (Phi) is 6.20. The van der Waals surface area contributed by atoms with Gasteiger partial charge in [-0.2, -0.15) is 0 Å². The van der Waals surface area contributed by atoms with Crippen molar-refractivity contribution in [2.45, 2.75) is 4.90 Å². The molecular weight excluding hydrogens is 428 g/mol. The monoisotopic (exact) mass is 448 g/mol. The van der Waals surface area contributed by atoms with Crippen LogP contribution in [0.3, 0.4) is 0 Å². The average molecular weight is 449 g/mol. The molecule has 3 rings (SSSR count). The van der Waals surface area contributed by atoms with Gasteiger partial charge in [0.1, 0.15) is 18.0 Å². The molecule has 0 atom stereocenters. The van der Waals surface area contributed by atoms with E-state index in [-0.39, 0.29) is 4.90 Å². The third kappa shape index (κ3) is 5.89. The molecule has 0 aliphatic carbocycles. The number of hydrogen-bond donors (Lipinski definition) is 4. The molecule has 0 radical (unpaired) electrons. The number of sulfonamides is 2. The van der Waals surface area contributed by atoms with E-state index in [1.807, 2.05) is 0 Å². The van der Waals surface area contributed by atoms with Crippen LogP contribution < -0.4 is 20.1 Å². The Labute approximate surface area is 174 Å². The van der Waals surface area contributed by atoms with Gasteiger partial charge in [-0.25, -0.2) is 31.5 Å². The van der Waals surface area contributed by atoms with Gasteiger partial charge in [0.15, 0.2) is 0 Å². The minimum atomic E-state index is -3.56. The quantitative estimate of drug-likeness (QED) is 0.411. The fourth-order valence-electron chi connectivity index (χ4n) is 2.52. The largest absolute Gasteiger partial charge is 0.340 e. The summed E-state index contributed by atoms with van der Waals surface area (Å²) in [5.41, 5.74) is 1.57. The molecule has 1 aromatic heterocycles. The Morgan fingerprint density at radius 3 is 1.93 bits per heavy atom. The maximum Gasteiger partial charge on any atom is 0.240 e. The third-order valence-electron chi connectivity index (χ3n) is 3.79. The summed E-state index contributed by atoms with van der Waals surface area (Å²) in [4.78, 5) is 8.40. The van der Waals surface area contributed by atoms with Crippen LogP contribution >= 0.6 is 0 Å². The van der Waals surface area contributed by atoms with Crippen LogP contribution in [0, 0.1) is 0 Å². The van der Waals surface area contributed by atoms with Crippen LogP contribution in [0.4, 0.5) is 28.7 Å². The zero-order valence-electron chi connectivity index (χ0n) is 16.1. The Morgan fingerprint density at radius 2 is 1.33 bits per heavy atom. The van der Waals surface area contributed by atoms with E-state index in [0.717, 1.165) is 6.26 Å². The molecule has 0 spiro atoms. The summed E-state index contributed by atoms with van der Waals surface area (Å²) >= 11 is 0. The highest BCUT2D eigenvalue weighted by molar-refractivity contribution is 7.92. The number of hydrogen-bond acceptors (Lipinski definition) is 8. The maximum atomic E-state index is 12.0. The third-order valence-corrected chi connectivity index (χ3v) is 5.81. The molecule has 0 bridgehead atoms. The first-order valence-electron chi connectivity index (χ1n) is 8.62. The topological polar surface area (TPSA) is 142 Å². The molecule has 0 unspecified atom stereocenters. The second-order valence-electron chi connectivity index (χ2n) is 6.23. The van der Waals surface area contributed by atoms with Gasteiger partial charge in [0.05, 0.1) is 16.8 Å². The van der Waals surface area contributed by atoms with Gasteiger partial charge in [0.2, 0.25) is 20.0 Å². The van der Waals surface area contributed by atoms with Gasteiger partial charge >= 0.3 is 0 Å². The van der Waals surface area contributed by atoms with Crippen molar-refractivity contribution in [1.82, 2.24) is 14.7 Å². The standard InChI is InChI=1S/C18H20N6O4S2/c1-19-30(27,28)16-8-4-6-14(10-16)23-18-11-17(20-12-21-18)22-13-5-3-7-15(9-13)24-29(2,25)26/h3-12,19,24H,1-2H3,(H2,20,21,22,23). The van der Waals surface area contributed by atoms with Gasteiger partial charge in [-0.05, 0) is 43.4 Å². The normalized spacial score (nSPS) is 11.7. The minimum absolute atomic E-state index is 0.123.